The molecule has 0 saturated heterocycles. The fraction of sp³-hybridized carbons (Fsp3) is 0.750. The quantitative estimate of drug-likeness (QED) is 0.233. The minimum Gasteiger partial charge on any atom is -0.344 e. The van der Waals surface area contributed by atoms with Crippen LogP contribution in [0, 0.1) is 0 Å². The van der Waals surface area contributed by atoms with Crippen molar-refractivity contribution in [2.75, 3.05) is 13.1 Å². The third-order valence-electron chi connectivity index (χ3n) is 1.13. The Morgan fingerprint density at radius 1 is 1.46 bits per heavy atom. The lowest BCUT2D eigenvalue weighted by atomic mass is 10.3. The van der Waals surface area contributed by atoms with Crippen LogP contribution in [0.4, 0.5) is 4.79 Å². The molecule has 13 heavy (non-hydrogen) atoms. The van der Waals surface area contributed by atoms with Gasteiger partial charge in [0.05, 0.1) is 0 Å². The fourth-order valence-corrected chi connectivity index (χ4v) is 0.808. The molecule has 0 radical (unpaired) electrons. The molecule has 1 amide bonds. The van der Waals surface area contributed by atoms with Gasteiger partial charge in [-0.1, -0.05) is 0 Å². The Balaban J connectivity index is 3.77. The second kappa shape index (κ2) is 5.28. The van der Waals surface area contributed by atoms with E-state index in [1.807, 2.05) is 5.32 Å². The standard InChI is InChI=1S/C4H12N3O5P/c5-3(2-7-9)1-6-4(8)13(10,11)12/h3,7,9H,1-2,5H2,(H,6,8)(H2,10,11,12)/t3-/m1/s1. The summed E-state index contributed by atoms with van der Waals surface area (Å²) in [7, 11) is -4.72. The van der Waals surface area contributed by atoms with Crippen molar-refractivity contribution < 1.29 is 24.4 Å². The van der Waals surface area contributed by atoms with Crippen LogP contribution < -0.4 is 16.5 Å². The summed E-state index contributed by atoms with van der Waals surface area (Å²) < 4.78 is 10.3. The maximum atomic E-state index is 10.6. The molecule has 0 saturated carbocycles. The van der Waals surface area contributed by atoms with E-state index in [4.69, 9.17) is 20.7 Å². The number of hydrogen-bond donors (Lipinski definition) is 6. The van der Waals surface area contributed by atoms with E-state index in [-0.39, 0.29) is 13.1 Å². The number of hydrogen-bond acceptors (Lipinski definition) is 5. The van der Waals surface area contributed by atoms with Crippen molar-refractivity contribution in [3.05, 3.63) is 0 Å². The lowest BCUT2D eigenvalue weighted by Gasteiger charge is -2.11. The van der Waals surface area contributed by atoms with E-state index in [0.29, 0.717) is 0 Å². The molecule has 0 heterocycles. The van der Waals surface area contributed by atoms with Gasteiger partial charge in [0.2, 0.25) is 0 Å². The molecule has 0 rings (SSSR count). The third kappa shape index (κ3) is 5.69. The van der Waals surface area contributed by atoms with Crippen LogP contribution >= 0.6 is 7.60 Å². The second-order valence-corrected chi connectivity index (χ2v) is 3.85. The SMILES string of the molecule is N[C@@H](CNO)CNC(=O)P(=O)(O)O. The molecule has 78 valence electrons. The molecule has 0 aliphatic heterocycles. The lowest BCUT2D eigenvalue weighted by Crippen LogP contribution is -2.42. The van der Waals surface area contributed by atoms with E-state index in [1.54, 1.807) is 5.48 Å². The van der Waals surface area contributed by atoms with Crippen molar-refractivity contribution in [3.8, 4) is 0 Å². The van der Waals surface area contributed by atoms with Crippen molar-refractivity contribution in [1.29, 1.82) is 0 Å². The topological polar surface area (TPSA) is 145 Å². The van der Waals surface area contributed by atoms with E-state index < -0.39 is 19.3 Å². The van der Waals surface area contributed by atoms with Gasteiger partial charge in [0, 0.05) is 19.1 Å². The molecule has 0 aromatic rings. The first-order valence-electron chi connectivity index (χ1n) is 3.34. The zero-order chi connectivity index (χ0) is 10.5. The van der Waals surface area contributed by atoms with Crippen LogP contribution in [0.3, 0.4) is 0 Å². The number of hydroxylamine groups is 1. The van der Waals surface area contributed by atoms with Crippen molar-refractivity contribution in [2.45, 2.75) is 6.04 Å². The summed E-state index contributed by atoms with van der Waals surface area (Å²) in [6.45, 7) is -0.112. The van der Waals surface area contributed by atoms with Crippen LogP contribution in [-0.4, -0.2) is 39.8 Å². The summed E-state index contributed by atoms with van der Waals surface area (Å²) in [6, 6.07) is -0.611. The van der Waals surface area contributed by atoms with E-state index in [9.17, 15) is 9.36 Å². The predicted octanol–water partition coefficient (Wildman–Crippen LogP) is -1.82. The molecule has 0 bridgehead atoms. The first-order chi connectivity index (χ1) is 5.88. The zero-order valence-corrected chi connectivity index (χ0v) is 7.57. The molecule has 9 heteroatoms. The van der Waals surface area contributed by atoms with Gasteiger partial charge in [-0.25, -0.2) is 10.0 Å². The Kier molecular flexibility index (Phi) is 5.07. The third-order valence-corrected chi connectivity index (χ3v) is 1.82. The van der Waals surface area contributed by atoms with Crippen molar-refractivity contribution in [2.24, 2.45) is 5.73 Å². The minimum absolute atomic E-state index is 0.0153. The molecule has 1 atom stereocenters. The summed E-state index contributed by atoms with van der Waals surface area (Å²) in [6.07, 6.45) is 0. The normalized spacial score (nSPS) is 13.8. The highest BCUT2D eigenvalue weighted by atomic mass is 31.2. The van der Waals surface area contributed by atoms with Gasteiger partial charge in [0.25, 0.3) is 0 Å². The first-order valence-corrected chi connectivity index (χ1v) is 4.95. The molecule has 0 fully saturated rings. The summed E-state index contributed by atoms with van der Waals surface area (Å²) in [5.41, 5.74) is 5.67. The van der Waals surface area contributed by atoms with Gasteiger partial charge in [-0.2, -0.15) is 0 Å². The van der Waals surface area contributed by atoms with Gasteiger partial charge in [-0.05, 0) is 0 Å². The van der Waals surface area contributed by atoms with Gasteiger partial charge < -0.3 is 26.0 Å². The average molecular weight is 213 g/mol. The zero-order valence-electron chi connectivity index (χ0n) is 6.67. The minimum atomic E-state index is -4.72. The van der Waals surface area contributed by atoms with Gasteiger partial charge >= 0.3 is 13.2 Å². The van der Waals surface area contributed by atoms with Gasteiger partial charge in [-0.15, -0.1) is 0 Å². The maximum Gasteiger partial charge on any atom is 0.413 e. The highest BCUT2D eigenvalue weighted by molar-refractivity contribution is 7.69. The Morgan fingerprint density at radius 2 is 2.00 bits per heavy atom. The van der Waals surface area contributed by atoms with Crippen molar-refractivity contribution >= 4 is 13.2 Å². The summed E-state index contributed by atoms with van der Waals surface area (Å²) >= 11 is 0. The van der Waals surface area contributed by atoms with Crippen LogP contribution in [0.2, 0.25) is 0 Å². The van der Waals surface area contributed by atoms with Crippen LogP contribution in [0.15, 0.2) is 0 Å². The second-order valence-electron chi connectivity index (χ2n) is 2.35. The van der Waals surface area contributed by atoms with E-state index >= 15 is 0 Å². The molecule has 0 aromatic heterocycles. The number of rotatable bonds is 5. The number of nitrogens with one attached hydrogen (secondary N) is 2. The Labute approximate surface area is 74.2 Å². The maximum absolute atomic E-state index is 10.6. The largest absolute Gasteiger partial charge is 0.413 e. The molecular weight excluding hydrogens is 201 g/mol. The van der Waals surface area contributed by atoms with Crippen LogP contribution in [0.5, 0.6) is 0 Å². The first kappa shape index (κ1) is 12.5. The number of amides is 1. The highest BCUT2D eigenvalue weighted by Gasteiger charge is 2.25. The van der Waals surface area contributed by atoms with Crippen LogP contribution in [0.1, 0.15) is 0 Å². The summed E-state index contributed by atoms with van der Waals surface area (Å²) in [5.74, 6) is 0. The summed E-state index contributed by atoms with van der Waals surface area (Å²) in [4.78, 5) is 27.2. The van der Waals surface area contributed by atoms with E-state index in [2.05, 4.69) is 0 Å². The molecule has 0 aliphatic carbocycles. The van der Waals surface area contributed by atoms with Gasteiger partial charge in [0.1, 0.15) is 0 Å². The molecular formula is C4H12N3O5P. The summed E-state index contributed by atoms with van der Waals surface area (Å²) in [5, 5.41) is 10.1. The van der Waals surface area contributed by atoms with E-state index in [0.717, 1.165) is 0 Å². The van der Waals surface area contributed by atoms with Crippen LogP contribution in [-0.2, 0) is 4.57 Å². The van der Waals surface area contributed by atoms with Crippen LogP contribution in [0.25, 0.3) is 0 Å². The Morgan fingerprint density at radius 3 is 2.38 bits per heavy atom. The van der Waals surface area contributed by atoms with E-state index in [1.165, 1.54) is 0 Å². The lowest BCUT2D eigenvalue weighted by molar-refractivity contribution is 0.160. The molecule has 8 nitrogen and oxygen atoms in total. The Hall–Kier alpha value is -0.500. The van der Waals surface area contributed by atoms with Gasteiger partial charge in [0.15, 0.2) is 0 Å². The predicted molar refractivity (Wildman–Crippen MR) is 43.2 cm³/mol. The number of carbonyl (C=O) groups excluding carboxylic acids is 1. The monoisotopic (exact) mass is 213 g/mol. The molecule has 0 aliphatic rings. The van der Waals surface area contributed by atoms with Crippen molar-refractivity contribution in [3.63, 3.8) is 0 Å². The molecule has 0 unspecified atom stereocenters. The average Bonchev–Trinajstić information content (AvgIpc) is 1.99. The number of carbonyl (C=O) groups is 1. The Bertz CT molecular complexity index is 216. The molecule has 0 spiro atoms. The highest BCUT2D eigenvalue weighted by Crippen LogP contribution is 2.34. The smallest absolute Gasteiger partial charge is 0.344 e. The molecule has 7 N–H and O–H groups in total. The molecule has 0 aromatic carbocycles. The number of nitrogens with two attached hydrogens (primary N) is 1. The van der Waals surface area contributed by atoms with Crippen molar-refractivity contribution in [1.82, 2.24) is 10.8 Å². The van der Waals surface area contributed by atoms with Gasteiger partial charge in [-0.3, -0.25) is 4.79 Å². The fourth-order valence-electron chi connectivity index (χ4n) is 0.511.